The van der Waals surface area contributed by atoms with Crippen LogP contribution in [0.5, 0.6) is 0 Å². The van der Waals surface area contributed by atoms with Gasteiger partial charge in [-0.25, -0.2) is 0 Å². The molecule has 0 unspecified atom stereocenters. The van der Waals surface area contributed by atoms with Crippen LogP contribution in [0.15, 0.2) is 41.4 Å². The largest absolute Gasteiger partial charge is 0.382 e. The summed E-state index contributed by atoms with van der Waals surface area (Å²) in [5.74, 6) is 0.577. The fraction of sp³-hybridized carbons (Fsp3) is 0.143. The summed E-state index contributed by atoms with van der Waals surface area (Å²) >= 11 is 3.15. The Morgan fingerprint density at radius 2 is 2.05 bits per heavy atom. The van der Waals surface area contributed by atoms with Gasteiger partial charge in [0.05, 0.1) is 5.56 Å². The number of anilines is 2. The van der Waals surface area contributed by atoms with Crippen molar-refractivity contribution >= 4 is 33.7 Å². The molecule has 0 aliphatic rings. The van der Waals surface area contributed by atoms with E-state index in [1.807, 2.05) is 12.1 Å². The van der Waals surface area contributed by atoms with Crippen LogP contribution in [0.4, 0.5) is 10.8 Å². The normalized spacial score (nSPS) is 10.7. The monoisotopic (exact) mass is 302 g/mol. The Morgan fingerprint density at radius 3 is 2.75 bits per heavy atom. The Balaban J connectivity index is 1.94. The maximum absolute atomic E-state index is 6.04. The van der Waals surface area contributed by atoms with Crippen molar-refractivity contribution in [3.63, 3.8) is 0 Å². The van der Waals surface area contributed by atoms with Crippen molar-refractivity contribution in [3.05, 3.63) is 46.9 Å². The van der Waals surface area contributed by atoms with E-state index in [2.05, 4.69) is 38.1 Å². The summed E-state index contributed by atoms with van der Waals surface area (Å²) in [6.45, 7) is 0.850. The van der Waals surface area contributed by atoms with Crippen molar-refractivity contribution in [1.82, 2.24) is 9.36 Å². The molecule has 0 saturated carbocycles. The van der Waals surface area contributed by atoms with Gasteiger partial charge in [0.2, 0.25) is 0 Å². The number of nitrogen functional groups attached to an aromatic ring is 1. The number of pyridine rings is 1. The summed E-state index contributed by atoms with van der Waals surface area (Å²) in [4.78, 5) is 6.24. The second-order valence-corrected chi connectivity index (χ2v) is 6.00. The first-order valence-corrected chi connectivity index (χ1v) is 7.85. The fourth-order valence-electron chi connectivity index (χ4n) is 2.07. The highest BCUT2D eigenvalue weighted by molar-refractivity contribution is 7.11. The van der Waals surface area contributed by atoms with Crippen LogP contribution in [0, 0.1) is 0 Å². The number of nitrogens with zero attached hydrogens (tertiary/aromatic N) is 3. The molecule has 0 radical (unpaired) electrons. The van der Waals surface area contributed by atoms with E-state index in [1.54, 1.807) is 23.7 Å². The number of nitrogens with two attached hydrogens (primary N) is 1. The summed E-state index contributed by atoms with van der Waals surface area (Å²) in [6.07, 6.45) is 3.55. The molecular formula is C14H14N4S2. The number of thiophene rings is 1. The van der Waals surface area contributed by atoms with Gasteiger partial charge in [-0.1, -0.05) is 0 Å². The van der Waals surface area contributed by atoms with Crippen molar-refractivity contribution in [3.8, 4) is 11.1 Å². The maximum Gasteiger partial charge on any atom is 0.147 e. The number of hydrogen-bond acceptors (Lipinski definition) is 6. The fourth-order valence-corrected chi connectivity index (χ4v) is 3.53. The molecule has 6 heteroatoms. The van der Waals surface area contributed by atoms with Gasteiger partial charge in [-0.3, -0.25) is 4.98 Å². The van der Waals surface area contributed by atoms with Crippen LogP contribution in [0.2, 0.25) is 0 Å². The van der Waals surface area contributed by atoms with Crippen LogP contribution < -0.4 is 10.6 Å². The van der Waals surface area contributed by atoms with Gasteiger partial charge < -0.3 is 10.6 Å². The van der Waals surface area contributed by atoms with Crippen LogP contribution in [0.1, 0.15) is 5.56 Å². The second kappa shape index (κ2) is 5.60. The van der Waals surface area contributed by atoms with Crippen LogP contribution in [-0.4, -0.2) is 16.4 Å². The molecule has 0 spiro atoms. The molecule has 3 rings (SSSR count). The summed E-state index contributed by atoms with van der Waals surface area (Å²) in [5, 5.41) is 5.33. The van der Waals surface area contributed by atoms with Gasteiger partial charge in [0.25, 0.3) is 0 Å². The molecule has 102 valence electrons. The molecular weight excluding hydrogens is 288 g/mol. The molecule has 0 aromatic carbocycles. The third kappa shape index (κ3) is 2.52. The molecule has 0 aliphatic carbocycles. The van der Waals surface area contributed by atoms with Crippen molar-refractivity contribution in [2.75, 3.05) is 17.7 Å². The van der Waals surface area contributed by atoms with E-state index in [-0.39, 0.29) is 0 Å². The average molecular weight is 302 g/mol. The van der Waals surface area contributed by atoms with E-state index < -0.39 is 0 Å². The van der Waals surface area contributed by atoms with Gasteiger partial charge in [0.15, 0.2) is 0 Å². The minimum Gasteiger partial charge on any atom is -0.382 e. The molecule has 0 saturated heterocycles. The Labute approximate surface area is 125 Å². The maximum atomic E-state index is 6.04. The third-order valence-corrected chi connectivity index (χ3v) is 4.72. The highest BCUT2D eigenvalue weighted by Crippen LogP contribution is 2.39. The first-order chi connectivity index (χ1) is 9.75. The lowest BCUT2D eigenvalue weighted by Gasteiger charge is -2.18. The Kier molecular flexibility index (Phi) is 3.66. The summed E-state index contributed by atoms with van der Waals surface area (Å²) in [7, 11) is 2.06. The Hall–Kier alpha value is -1.92. The zero-order valence-corrected chi connectivity index (χ0v) is 12.6. The minimum absolute atomic E-state index is 0.577. The van der Waals surface area contributed by atoms with E-state index in [9.17, 15) is 0 Å². The standard InChI is InChI=1S/C14H14N4S2/c1-18(8-10-4-7-19-9-10)14-12(13(15)17-20-14)11-2-5-16-6-3-11/h2-7,9H,8H2,1H3,(H2,15,17). The predicted octanol–water partition coefficient (Wildman–Crippen LogP) is 3.49. The lowest BCUT2D eigenvalue weighted by atomic mass is 10.1. The van der Waals surface area contributed by atoms with Crippen LogP contribution in [0.25, 0.3) is 11.1 Å². The van der Waals surface area contributed by atoms with E-state index in [1.165, 1.54) is 17.1 Å². The SMILES string of the molecule is CN(Cc1ccsc1)c1snc(N)c1-c1ccncc1. The van der Waals surface area contributed by atoms with E-state index in [0.717, 1.165) is 22.7 Å². The van der Waals surface area contributed by atoms with Crippen molar-refractivity contribution in [2.24, 2.45) is 0 Å². The molecule has 3 aromatic rings. The van der Waals surface area contributed by atoms with Gasteiger partial charge >= 0.3 is 0 Å². The molecule has 3 aromatic heterocycles. The third-order valence-electron chi connectivity index (χ3n) is 3.02. The highest BCUT2D eigenvalue weighted by atomic mass is 32.1. The summed E-state index contributed by atoms with van der Waals surface area (Å²) < 4.78 is 4.30. The molecule has 0 fully saturated rings. The average Bonchev–Trinajstić information content (AvgIpc) is 3.09. The number of aromatic nitrogens is 2. The molecule has 20 heavy (non-hydrogen) atoms. The van der Waals surface area contributed by atoms with Gasteiger partial charge in [-0.15, -0.1) is 0 Å². The second-order valence-electron chi connectivity index (χ2n) is 4.47. The van der Waals surface area contributed by atoms with Crippen LogP contribution in [0.3, 0.4) is 0 Å². The van der Waals surface area contributed by atoms with Crippen molar-refractivity contribution in [1.29, 1.82) is 0 Å². The smallest absolute Gasteiger partial charge is 0.147 e. The quantitative estimate of drug-likeness (QED) is 0.801. The number of hydrogen-bond donors (Lipinski definition) is 1. The van der Waals surface area contributed by atoms with Crippen molar-refractivity contribution in [2.45, 2.75) is 6.54 Å². The molecule has 0 amide bonds. The molecule has 3 heterocycles. The summed E-state index contributed by atoms with van der Waals surface area (Å²) in [5.41, 5.74) is 9.38. The zero-order chi connectivity index (χ0) is 13.9. The topological polar surface area (TPSA) is 55.0 Å². The molecule has 0 aliphatic heterocycles. The minimum atomic E-state index is 0.577. The van der Waals surface area contributed by atoms with E-state index in [0.29, 0.717) is 5.82 Å². The first kappa shape index (κ1) is 13.1. The lowest BCUT2D eigenvalue weighted by molar-refractivity contribution is 0.941. The zero-order valence-electron chi connectivity index (χ0n) is 11.0. The predicted molar refractivity (Wildman–Crippen MR) is 86.2 cm³/mol. The Bertz CT molecular complexity index is 677. The number of rotatable bonds is 4. The van der Waals surface area contributed by atoms with Gasteiger partial charge in [-0.2, -0.15) is 15.7 Å². The van der Waals surface area contributed by atoms with Gasteiger partial charge in [0.1, 0.15) is 10.8 Å². The van der Waals surface area contributed by atoms with Crippen LogP contribution >= 0.6 is 22.9 Å². The first-order valence-electron chi connectivity index (χ1n) is 6.13. The van der Waals surface area contributed by atoms with E-state index in [4.69, 9.17) is 5.73 Å². The Morgan fingerprint density at radius 1 is 1.25 bits per heavy atom. The highest BCUT2D eigenvalue weighted by Gasteiger charge is 2.17. The lowest BCUT2D eigenvalue weighted by Crippen LogP contribution is -2.15. The molecule has 2 N–H and O–H groups in total. The van der Waals surface area contributed by atoms with Crippen molar-refractivity contribution < 1.29 is 0 Å². The molecule has 4 nitrogen and oxygen atoms in total. The molecule has 0 atom stereocenters. The molecule has 0 bridgehead atoms. The van der Waals surface area contributed by atoms with Gasteiger partial charge in [0, 0.05) is 26.0 Å². The summed E-state index contributed by atoms with van der Waals surface area (Å²) in [6, 6.07) is 6.06. The van der Waals surface area contributed by atoms with E-state index >= 15 is 0 Å². The van der Waals surface area contributed by atoms with Gasteiger partial charge in [-0.05, 0) is 51.6 Å². The van der Waals surface area contributed by atoms with Crippen LogP contribution in [-0.2, 0) is 6.54 Å².